The lowest BCUT2D eigenvalue weighted by Crippen LogP contribution is -1.97. The minimum absolute atomic E-state index is 0.941. The molecular formula is C29H19N3. The van der Waals surface area contributed by atoms with E-state index in [0.717, 1.165) is 16.7 Å². The molecule has 0 saturated heterocycles. The van der Waals surface area contributed by atoms with Crippen molar-refractivity contribution in [2.75, 3.05) is 0 Å². The Balaban J connectivity index is 1.58. The van der Waals surface area contributed by atoms with E-state index in [-0.39, 0.29) is 0 Å². The molecule has 3 heterocycles. The molecule has 0 saturated carbocycles. The Bertz CT molecular complexity index is 1770. The lowest BCUT2D eigenvalue weighted by molar-refractivity contribution is 1.10. The summed E-state index contributed by atoms with van der Waals surface area (Å²) in [6.45, 7) is 0. The first-order chi connectivity index (χ1) is 15.9. The van der Waals surface area contributed by atoms with Gasteiger partial charge in [-0.1, -0.05) is 54.6 Å². The van der Waals surface area contributed by atoms with Crippen molar-refractivity contribution in [3.05, 3.63) is 115 Å². The van der Waals surface area contributed by atoms with Crippen LogP contribution in [0.2, 0.25) is 0 Å². The van der Waals surface area contributed by atoms with Gasteiger partial charge in [-0.2, -0.15) is 0 Å². The molecule has 0 aliphatic heterocycles. The molecule has 0 atom stereocenters. The average Bonchev–Trinajstić information content (AvgIpc) is 3.43. The molecule has 0 aliphatic rings. The highest BCUT2D eigenvalue weighted by Crippen LogP contribution is 2.37. The Morgan fingerprint density at radius 3 is 2.22 bits per heavy atom. The molecule has 150 valence electrons. The monoisotopic (exact) mass is 409 g/mol. The van der Waals surface area contributed by atoms with Crippen molar-refractivity contribution in [2.45, 2.75) is 0 Å². The second-order valence-electron chi connectivity index (χ2n) is 8.13. The van der Waals surface area contributed by atoms with Gasteiger partial charge in [-0.25, -0.2) is 4.98 Å². The summed E-state index contributed by atoms with van der Waals surface area (Å²) in [4.78, 5) is 5.01. The first kappa shape index (κ1) is 17.3. The van der Waals surface area contributed by atoms with Gasteiger partial charge in [0.25, 0.3) is 0 Å². The van der Waals surface area contributed by atoms with E-state index in [1.165, 1.54) is 38.4 Å². The Kier molecular flexibility index (Phi) is 3.55. The van der Waals surface area contributed by atoms with Gasteiger partial charge in [0.2, 0.25) is 0 Å². The molecule has 3 nitrogen and oxygen atoms in total. The van der Waals surface area contributed by atoms with Gasteiger partial charge < -0.3 is 4.57 Å². The maximum absolute atomic E-state index is 5.01. The van der Waals surface area contributed by atoms with Crippen molar-refractivity contribution >= 4 is 43.6 Å². The van der Waals surface area contributed by atoms with Gasteiger partial charge in [0.1, 0.15) is 5.82 Å². The summed E-state index contributed by atoms with van der Waals surface area (Å²) < 4.78 is 4.55. The second kappa shape index (κ2) is 6.56. The quantitative estimate of drug-likeness (QED) is 0.294. The number of para-hydroxylation sites is 3. The highest BCUT2D eigenvalue weighted by atomic mass is 15.1. The van der Waals surface area contributed by atoms with Crippen molar-refractivity contribution in [1.29, 1.82) is 0 Å². The molecule has 3 aromatic heterocycles. The van der Waals surface area contributed by atoms with E-state index in [1.807, 2.05) is 6.07 Å². The number of rotatable bonds is 2. The molecule has 4 aromatic carbocycles. The van der Waals surface area contributed by atoms with Crippen LogP contribution in [0.3, 0.4) is 0 Å². The number of benzene rings is 4. The van der Waals surface area contributed by atoms with Crippen LogP contribution < -0.4 is 0 Å². The van der Waals surface area contributed by atoms with Crippen LogP contribution in [0.4, 0.5) is 0 Å². The number of pyridine rings is 1. The van der Waals surface area contributed by atoms with Crippen LogP contribution in [0.15, 0.2) is 115 Å². The highest BCUT2D eigenvalue weighted by Gasteiger charge is 2.17. The lowest BCUT2D eigenvalue weighted by Gasteiger charge is -2.09. The van der Waals surface area contributed by atoms with Crippen LogP contribution >= 0.6 is 0 Å². The number of fused-ring (bicyclic) bond motifs is 6. The van der Waals surface area contributed by atoms with E-state index in [9.17, 15) is 0 Å². The number of hydrogen-bond acceptors (Lipinski definition) is 1. The van der Waals surface area contributed by atoms with Crippen LogP contribution in [-0.4, -0.2) is 14.1 Å². The van der Waals surface area contributed by atoms with E-state index in [0.29, 0.717) is 0 Å². The Morgan fingerprint density at radius 2 is 1.28 bits per heavy atom. The molecule has 0 amide bonds. The molecular weight excluding hydrogens is 390 g/mol. The smallest absolute Gasteiger partial charge is 0.138 e. The fourth-order valence-corrected chi connectivity index (χ4v) is 4.92. The zero-order valence-corrected chi connectivity index (χ0v) is 17.3. The van der Waals surface area contributed by atoms with Crippen molar-refractivity contribution in [1.82, 2.24) is 14.1 Å². The molecule has 0 bridgehead atoms. The number of nitrogens with zero attached hydrogens (tertiary/aromatic N) is 3. The minimum Gasteiger partial charge on any atom is -0.317 e. The summed E-state index contributed by atoms with van der Waals surface area (Å²) in [5.41, 5.74) is 5.73. The van der Waals surface area contributed by atoms with E-state index < -0.39 is 0 Å². The predicted octanol–water partition coefficient (Wildman–Crippen LogP) is 7.28. The maximum Gasteiger partial charge on any atom is 0.138 e. The summed E-state index contributed by atoms with van der Waals surface area (Å²) >= 11 is 0. The van der Waals surface area contributed by atoms with Gasteiger partial charge in [0.05, 0.1) is 22.1 Å². The molecule has 32 heavy (non-hydrogen) atoms. The SMILES string of the molecule is c1ccc(-n2ccc3c4c5ccccc5n(-c5ccc6ccccc6n5)c4ccc32)cc1. The zero-order valence-electron chi connectivity index (χ0n) is 17.3. The molecule has 0 aliphatic carbocycles. The topological polar surface area (TPSA) is 22.8 Å². The standard InChI is InChI=1S/C29H19N3/c1-2-9-21(10-3-1)31-19-18-23-25(31)15-16-27-29(23)22-11-5-7-13-26(22)32(27)28-17-14-20-8-4-6-12-24(20)30-28/h1-19H. The second-order valence-corrected chi connectivity index (χ2v) is 8.13. The third-order valence-corrected chi connectivity index (χ3v) is 6.35. The van der Waals surface area contributed by atoms with E-state index in [1.54, 1.807) is 0 Å². The number of aromatic nitrogens is 3. The molecule has 0 unspecified atom stereocenters. The van der Waals surface area contributed by atoms with Crippen LogP contribution in [0.5, 0.6) is 0 Å². The molecule has 7 rings (SSSR count). The fraction of sp³-hybridized carbons (Fsp3) is 0. The third kappa shape index (κ3) is 2.39. The van der Waals surface area contributed by atoms with Crippen molar-refractivity contribution in [2.24, 2.45) is 0 Å². The first-order valence-corrected chi connectivity index (χ1v) is 10.8. The summed E-state index contributed by atoms with van der Waals surface area (Å²) in [5, 5.41) is 4.91. The van der Waals surface area contributed by atoms with Crippen molar-refractivity contribution in [3.8, 4) is 11.5 Å². The Labute approximate surface area is 184 Å². The summed E-state index contributed by atoms with van der Waals surface area (Å²) in [5.74, 6) is 0.941. The van der Waals surface area contributed by atoms with Crippen LogP contribution in [0.25, 0.3) is 55.1 Å². The fourth-order valence-electron chi connectivity index (χ4n) is 4.92. The first-order valence-electron chi connectivity index (χ1n) is 10.8. The molecule has 0 spiro atoms. The van der Waals surface area contributed by atoms with Gasteiger partial charge in [-0.05, 0) is 54.6 Å². The van der Waals surface area contributed by atoms with Gasteiger partial charge in [-0.3, -0.25) is 4.57 Å². The van der Waals surface area contributed by atoms with E-state index in [4.69, 9.17) is 4.98 Å². The molecule has 0 fully saturated rings. The average molecular weight is 409 g/mol. The number of hydrogen-bond donors (Lipinski definition) is 0. The van der Waals surface area contributed by atoms with Crippen molar-refractivity contribution in [3.63, 3.8) is 0 Å². The summed E-state index contributed by atoms with van der Waals surface area (Å²) in [6.07, 6.45) is 2.17. The van der Waals surface area contributed by atoms with Crippen LogP contribution in [0, 0.1) is 0 Å². The Hall–Kier alpha value is -4.37. The molecule has 0 radical (unpaired) electrons. The normalized spacial score (nSPS) is 11.8. The van der Waals surface area contributed by atoms with Crippen LogP contribution in [0.1, 0.15) is 0 Å². The summed E-state index contributed by atoms with van der Waals surface area (Å²) in [6, 6.07) is 38.4. The van der Waals surface area contributed by atoms with Crippen LogP contribution in [-0.2, 0) is 0 Å². The largest absolute Gasteiger partial charge is 0.317 e. The van der Waals surface area contributed by atoms with Crippen molar-refractivity contribution < 1.29 is 0 Å². The molecule has 0 N–H and O–H groups in total. The molecule has 7 aromatic rings. The third-order valence-electron chi connectivity index (χ3n) is 6.35. The van der Waals surface area contributed by atoms with Gasteiger partial charge >= 0.3 is 0 Å². The summed E-state index contributed by atoms with van der Waals surface area (Å²) in [7, 11) is 0. The molecule has 3 heteroatoms. The minimum atomic E-state index is 0.941. The predicted molar refractivity (Wildman–Crippen MR) is 133 cm³/mol. The van der Waals surface area contributed by atoms with E-state index in [2.05, 4.69) is 118 Å². The zero-order chi connectivity index (χ0) is 21.1. The lowest BCUT2D eigenvalue weighted by atomic mass is 10.1. The Morgan fingerprint density at radius 1 is 0.531 bits per heavy atom. The van der Waals surface area contributed by atoms with Gasteiger partial charge in [0, 0.05) is 33.4 Å². The maximum atomic E-state index is 5.01. The highest BCUT2D eigenvalue weighted by molar-refractivity contribution is 6.21. The van der Waals surface area contributed by atoms with Gasteiger partial charge in [-0.15, -0.1) is 0 Å². The van der Waals surface area contributed by atoms with Gasteiger partial charge in [0.15, 0.2) is 0 Å². The van der Waals surface area contributed by atoms with E-state index >= 15 is 0 Å².